The van der Waals surface area contributed by atoms with E-state index in [0.29, 0.717) is 18.3 Å². The summed E-state index contributed by atoms with van der Waals surface area (Å²) in [6, 6.07) is 17.9. The third-order valence-electron chi connectivity index (χ3n) is 4.00. The van der Waals surface area contributed by atoms with Gasteiger partial charge in [-0.05, 0) is 48.3 Å². The molecule has 5 nitrogen and oxygen atoms in total. The predicted octanol–water partition coefficient (Wildman–Crippen LogP) is 3.24. The van der Waals surface area contributed by atoms with Crippen LogP contribution in [0.2, 0.25) is 0 Å². The van der Waals surface area contributed by atoms with Crippen molar-refractivity contribution in [1.82, 2.24) is 10.7 Å². The number of ether oxygens (including phenoxy) is 2. The normalized spacial score (nSPS) is 16.5. The summed E-state index contributed by atoms with van der Waals surface area (Å²) in [5, 5.41) is 7.78. The highest BCUT2D eigenvalue weighted by molar-refractivity contribution is 7.80. The Morgan fingerprint density at radius 3 is 2.92 bits per heavy atom. The van der Waals surface area contributed by atoms with Gasteiger partial charge in [0.2, 0.25) is 0 Å². The first-order valence-electron chi connectivity index (χ1n) is 8.75. The molecule has 0 bridgehead atoms. The summed E-state index contributed by atoms with van der Waals surface area (Å²) in [4.78, 5) is 0. The van der Waals surface area contributed by atoms with E-state index in [4.69, 9.17) is 21.7 Å². The molecular formula is C20H23N3O2S. The molecule has 136 valence electrons. The van der Waals surface area contributed by atoms with Crippen LogP contribution in [0.3, 0.4) is 0 Å². The number of benzene rings is 2. The molecule has 0 spiro atoms. The third kappa shape index (κ3) is 6.13. The van der Waals surface area contributed by atoms with Crippen LogP contribution in [0.1, 0.15) is 24.0 Å². The lowest BCUT2D eigenvalue weighted by Crippen LogP contribution is -2.37. The fourth-order valence-electron chi connectivity index (χ4n) is 2.64. The van der Waals surface area contributed by atoms with Gasteiger partial charge >= 0.3 is 0 Å². The van der Waals surface area contributed by atoms with Gasteiger partial charge in [0.1, 0.15) is 12.4 Å². The van der Waals surface area contributed by atoms with Crippen LogP contribution in [-0.2, 0) is 11.3 Å². The van der Waals surface area contributed by atoms with E-state index >= 15 is 0 Å². The molecule has 0 radical (unpaired) electrons. The van der Waals surface area contributed by atoms with Gasteiger partial charge in [0.05, 0.1) is 12.3 Å². The second-order valence-corrected chi connectivity index (χ2v) is 6.47. The summed E-state index contributed by atoms with van der Waals surface area (Å²) >= 11 is 5.21. The summed E-state index contributed by atoms with van der Waals surface area (Å²) in [6.07, 6.45) is 4.16. The Balaban J connectivity index is 1.43. The number of nitrogens with zero attached hydrogens (tertiary/aromatic N) is 1. The van der Waals surface area contributed by atoms with E-state index in [1.54, 1.807) is 6.21 Å². The number of thiocarbonyl (C=S) groups is 1. The van der Waals surface area contributed by atoms with Gasteiger partial charge in [-0.3, -0.25) is 5.43 Å². The molecule has 1 atom stereocenters. The van der Waals surface area contributed by atoms with Gasteiger partial charge in [-0.1, -0.05) is 42.5 Å². The molecule has 1 saturated heterocycles. The number of hydrogen-bond acceptors (Lipinski definition) is 4. The van der Waals surface area contributed by atoms with Crippen molar-refractivity contribution in [3.8, 4) is 5.75 Å². The molecule has 0 aliphatic carbocycles. The zero-order chi connectivity index (χ0) is 18.0. The summed E-state index contributed by atoms with van der Waals surface area (Å²) < 4.78 is 11.4. The van der Waals surface area contributed by atoms with E-state index in [1.807, 2.05) is 54.6 Å². The number of hydrazone groups is 1. The summed E-state index contributed by atoms with van der Waals surface area (Å²) in [5.74, 6) is 0.803. The van der Waals surface area contributed by atoms with E-state index in [1.165, 1.54) is 0 Å². The Bertz CT molecular complexity index is 731. The highest BCUT2D eigenvalue weighted by Gasteiger charge is 2.14. The highest BCUT2D eigenvalue weighted by Crippen LogP contribution is 2.14. The lowest BCUT2D eigenvalue weighted by atomic mass is 10.2. The third-order valence-corrected chi connectivity index (χ3v) is 4.24. The van der Waals surface area contributed by atoms with Gasteiger partial charge < -0.3 is 14.8 Å². The number of rotatable bonds is 7. The maximum absolute atomic E-state index is 5.82. The van der Waals surface area contributed by atoms with E-state index in [2.05, 4.69) is 15.8 Å². The molecule has 2 aromatic carbocycles. The van der Waals surface area contributed by atoms with Crippen LogP contribution in [0.25, 0.3) is 0 Å². The van der Waals surface area contributed by atoms with Gasteiger partial charge in [-0.2, -0.15) is 5.10 Å². The first-order valence-corrected chi connectivity index (χ1v) is 9.16. The van der Waals surface area contributed by atoms with Crippen LogP contribution in [-0.4, -0.2) is 30.6 Å². The minimum Gasteiger partial charge on any atom is -0.489 e. The smallest absolute Gasteiger partial charge is 0.187 e. The summed E-state index contributed by atoms with van der Waals surface area (Å²) in [6.45, 7) is 2.09. The molecule has 3 rings (SSSR count). The molecule has 26 heavy (non-hydrogen) atoms. The van der Waals surface area contributed by atoms with Crippen molar-refractivity contribution in [1.29, 1.82) is 0 Å². The van der Waals surface area contributed by atoms with Crippen molar-refractivity contribution in [3.05, 3.63) is 65.7 Å². The molecule has 6 heteroatoms. The van der Waals surface area contributed by atoms with Crippen molar-refractivity contribution >= 4 is 23.5 Å². The van der Waals surface area contributed by atoms with Gasteiger partial charge in [-0.15, -0.1) is 0 Å². The summed E-state index contributed by atoms with van der Waals surface area (Å²) in [5.41, 5.74) is 4.90. The molecular weight excluding hydrogens is 346 g/mol. The molecule has 1 aliphatic rings. The van der Waals surface area contributed by atoms with Crippen LogP contribution in [0, 0.1) is 0 Å². The van der Waals surface area contributed by atoms with Crippen molar-refractivity contribution in [3.63, 3.8) is 0 Å². The monoisotopic (exact) mass is 369 g/mol. The quantitative estimate of drug-likeness (QED) is 0.446. The van der Waals surface area contributed by atoms with Gasteiger partial charge in [-0.25, -0.2) is 0 Å². The van der Waals surface area contributed by atoms with Crippen LogP contribution in [0.4, 0.5) is 0 Å². The minimum atomic E-state index is 0.247. The lowest BCUT2D eigenvalue weighted by Gasteiger charge is -2.11. The van der Waals surface area contributed by atoms with E-state index in [0.717, 1.165) is 36.3 Å². The molecule has 0 amide bonds. The second-order valence-electron chi connectivity index (χ2n) is 6.06. The van der Waals surface area contributed by atoms with Crippen LogP contribution in [0.5, 0.6) is 5.75 Å². The molecule has 0 unspecified atom stereocenters. The first-order chi connectivity index (χ1) is 12.8. The average molecular weight is 369 g/mol. The van der Waals surface area contributed by atoms with Crippen LogP contribution < -0.4 is 15.5 Å². The Morgan fingerprint density at radius 1 is 1.23 bits per heavy atom. The minimum absolute atomic E-state index is 0.247. The maximum atomic E-state index is 5.82. The fourth-order valence-corrected chi connectivity index (χ4v) is 2.78. The Kier molecular flexibility index (Phi) is 6.98. The Morgan fingerprint density at radius 2 is 2.12 bits per heavy atom. The molecule has 1 fully saturated rings. The predicted molar refractivity (Wildman–Crippen MR) is 108 cm³/mol. The number of nitrogens with one attached hydrogen (secondary N) is 2. The standard InChI is InChI=1S/C20H23N3O2S/c26-20(21-14-19-10-5-11-24-19)23-22-13-17-8-4-9-18(12-17)25-15-16-6-2-1-3-7-16/h1-4,6-9,12-13,19H,5,10-11,14-15H2,(H2,21,23,26)/b22-13-/t19-/m1/s1. The SMILES string of the molecule is S=C(NC[C@H]1CCCO1)N/N=C\c1cccc(OCc2ccccc2)c1. The average Bonchev–Trinajstić information content (AvgIpc) is 3.20. The van der Waals surface area contributed by atoms with E-state index in [9.17, 15) is 0 Å². The van der Waals surface area contributed by atoms with Gasteiger partial charge in [0, 0.05) is 13.2 Å². The lowest BCUT2D eigenvalue weighted by molar-refractivity contribution is 0.114. The van der Waals surface area contributed by atoms with Crippen molar-refractivity contribution in [2.24, 2.45) is 5.10 Å². The largest absolute Gasteiger partial charge is 0.489 e. The zero-order valence-electron chi connectivity index (χ0n) is 14.6. The highest BCUT2D eigenvalue weighted by atomic mass is 32.1. The van der Waals surface area contributed by atoms with Crippen LogP contribution in [0.15, 0.2) is 59.7 Å². The topological polar surface area (TPSA) is 54.9 Å². The number of hydrogen-bond donors (Lipinski definition) is 2. The molecule has 0 aromatic heterocycles. The van der Waals surface area contributed by atoms with E-state index < -0.39 is 0 Å². The molecule has 0 saturated carbocycles. The van der Waals surface area contributed by atoms with Crippen molar-refractivity contribution in [2.45, 2.75) is 25.6 Å². The van der Waals surface area contributed by atoms with Gasteiger partial charge in [0.15, 0.2) is 5.11 Å². The van der Waals surface area contributed by atoms with Crippen molar-refractivity contribution in [2.75, 3.05) is 13.2 Å². The Hall–Kier alpha value is -2.44. The second kappa shape index (κ2) is 9.89. The Labute approximate surface area is 159 Å². The maximum Gasteiger partial charge on any atom is 0.187 e. The molecule has 1 heterocycles. The molecule has 2 aromatic rings. The fraction of sp³-hybridized carbons (Fsp3) is 0.300. The molecule has 1 aliphatic heterocycles. The van der Waals surface area contributed by atoms with Crippen molar-refractivity contribution < 1.29 is 9.47 Å². The molecule has 2 N–H and O–H groups in total. The van der Waals surface area contributed by atoms with E-state index in [-0.39, 0.29) is 6.10 Å². The van der Waals surface area contributed by atoms with Crippen LogP contribution >= 0.6 is 12.2 Å². The summed E-state index contributed by atoms with van der Waals surface area (Å²) in [7, 11) is 0. The van der Waals surface area contributed by atoms with Gasteiger partial charge in [0.25, 0.3) is 0 Å². The zero-order valence-corrected chi connectivity index (χ0v) is 15.4. The first kappa shape index (κ1) is 18.4.